The summed E-state index contributed by atoms with van der Waals surface area (Å²) in [5.74, 6) is -0.110. The van der Waals surface area contributed by atoms with E-state index in [0.29, 0.717) is 6.54 Å². The first-order valence-electron chi connectivity index (χ1n) is 9.72. The standard InChI is InChI=1S/C22H24N6O/c1-4-27-13-17(12-25-27)11-24-20(29)14-28-22-21(16(3)26-28)19(9-10-23-22)18-7-5-15(2)6-8-18/h5-10,12-13H,4,11,14H2,1-3H3,(H,24,29). The lowest BCUT2D eigenvalue weighted by atomic mass is 10.0. The lowest BCUT2D eigenvalue weighted by Crippen LogP contribution is -2.27. The molecule has 7 nitrogen and oxygen atoms in total. The average Bonchev–Trinajstić information content (AvgIpc) is 3.32. The molecule has 7 heteroatoms. The van der Waals surface area contributed by atoms with E-state index in [1.807, 2.05) is 30.8 Å². The van der Waals surface area contributed by atoms with E-state index in [9.17, 15) is 4.79 Å². The largest absolute Gasteiger partial charge is 0.350 e. The van der Waals surface area contributed by atoms with Gasteiger partial charge in [-0.1, -0.05) is 29.8 Å². The number of rotatable bonds is 6. The van der Waals surface area contributed by atoms with Crippen molar-refractivity contribution in [2.24, 2.45) is 0 Å². The number of nitrogens with one attached hydrogen (secondary N) is 1. The van der Waals surface area contributed by atoms with E-state index in [1.165, 1.54) is 5.56 Å². The molecule has 4 aromatic rings. The maximum absolute atomic E-state index is 12.5. The molecule has 0 fully saturated rings. The highest BCUT2D eigenvalue weighted by molar-refractivity contribution is 5.95. The Hall–Kier alpha value is -3.48. The van der Waals surface area contributed by atoms with E-state index in [4.69, 9.17) is 0 Å². The Morgan fingerprint density at radius 3 is 2.66 bits per heavy atom. The summed E-state index contributed by atoms with van der Waals surface area (Å²) in [6.45, 7) is 7.42. The Morgan fingerprint density at radius 2 is 1.93 bits per heavy atom. The van der Waals surface area contributed by atoms with E-state index >= 15 is 0 Å². The molecule has 3 heterocycles. The first-order chi connectivity index (χ1) is 14.0. The number of carbonyl (C=O) groups is 1. The molecule has 1 amide bonds. The maximum atomic E-state index is 12.5. The Morgan fingerprint density at radius 1 is 1.14 bits per heavy atom. The topological polar surface area (TPSA) is 77.6 Å². The molecule has 0 bridgehead atoms. The number of fused-ring (bicyclic) bond motifs is 1. The summed E-state index contributed by atoms with van der Waals surface area (Å²) in [6, 6.07) is 10.4. The van der Waals surface area contributed by atoms with Gasteiger partial charge in [-0.2, -0.15) is 10.2 Å². The van der Waals surface area contributed by atoms with Crippen molar-refractivity contribution in [2.45, 2.75) is 40.4 Å². The van der Waals surface area contributed by atoms with Crippen LogP contribution in [0.25, 0.3) is 22.2 Å². The lowest BCUT2D eigenvalue weighted by Gasteiger charge is -2.06. The summed E-state index contributed by atoms with van der Waals surface area (Å²) in [4.78, 5) is 17.0. The van der Waals surface area contributed by atoms with Crippen molar-refractivity contribution in [2.75, 3.05) is 0 Å². The van der Waals surface area contributed by atoms with Crippen molar-refractivity contribution in [1.29, 1.82) is 0 Å². The molecule has 0 saturated heterocycles. The van der Waals surface area contributed by atoms with E-state index in [2.05, 4.69) is 51.7 Å². The van der Waals surface area contributed by atoms with Crippen LogP contribution in [0.5, 0.6) is 0 Å². The van der Waals surface area contributed by atoms with Crippen LogP contribution in [0.3, 0.4) is 0 Å². The van der Waals surface area contributed by atoms with Crippen LogP contribution in [0.2, 0.25) is 0 Å². The van der Waals surface area contributed by atoms with E-state index in [-0.39, 0.29) is 12.5 Å². The molecule has 0 aliphatic carbocycles. The number of hydrogen-bond donors (Lipinski definition) is 1. The Balaban J connectivity index is 1.56. The Labute approximate surface area is 169 Å². The van der Waals surface area contributed by atoms with Gasteiger partial charge in [0.25, 0.3) is 0 Å². The van der Waals surface area contributed by atoms with Crippen LogP contribution in [-0.2, 0) is 24.4 Å². The van der Waals surface area contributed by atoms with Gasteiger partial charge in [-0.15, -0.1) is 0 Å². The number of nitrogens with zero attached hydrogens (tertiary/aromatic N) is 5. The van der Waals surface area contributed by atoms with Crippen LogP contribution < -0.4 is 5.32 Å². The van der Waals surface area contributed by atoms with Gasteiger partial charge in [0.05, 0.1) is 11.9 Å². The minimum Gasteiger partial charge on any atom is -0.350 e. The number of benzene rings is 1. The second kappa shape index (κ2) is 7.87. The molecule has 0 radical (unpaired) electrons. The van der Waals surface area contributed by atoms with Gasteiger partial charge in [-0.25, -0.2) is 9.67 Å². The highest BCUT2D eigenvalue weighted by Crippen LogP contribution is 2.29. The third-order valence-corrected chi connectivity index (χ3v) is 4.96. The van der Waals surface area contributed by atoms with Gasteiger partial charge in [-0.3, -0.25) is 9.48 Å². The quantitative estimate of drug-likeness (QED) is 0.550. The van der Waals surface area contributed by atoms with Crippen molar-refractivity contribution in [1.82, 2.24) is 29.9 Å². The fourth-order valence-corrected chi connectivity index (χ4v) is 3.43. The highest BCUT2D eigenvalue weighted by Gasteiger charge is 2.16. The van der Waals surface area contributed by atoms with Crippen LogP contribution >= 0.6 is 0 Å². The van der Waals surface area contributed by atoms with Crippen LogP contribution in [0, 0.1) is 13.8 Å². The van der Waals surface area contributed by atoms with E-state index in [0.717, 1.165) is 40.0 Å². The van der Waals surface area contributed by atoms with Crippen molar-refractivity contribution in [3.8, 4) is 11.1 Å². The molecule has 0 aliphatic rings. The normalized spacial score (nSPS) is 11.1. The maximum Gasteiger partial charge on any atom is 0.242 e. The van der Waals surface area contributed by atoms with E-state index in [1.54, 1.807) is 17.1 Å². The van der Waals surface area contributed by atoms with Crippen LogP contribution in [-0.4, -0.2) is 30.5 Å². The van der Waals surface area contributed by atoms with Crippen molar-refractivity contribution >= 4 is 16.9 Å². The molecule has 148 valence electrons. The minimum atomic E-state index is -0.110. The fourth-order valence-electron chi connectivity index (χ4n) is 3.43. The van der Waals surface area contributed by atoms with Crippen molar-refractivity contribution < 1.29 is 4.79 Å². The number of amides is 1. The molecule has 0 unspecified atom stereocenters. The summed E-state index contributed by atoms with van der Waals surface area (Å²) < 4.78 is 3.51. The number of pyridine rings is 1. The van der Waals surface area contributed by atoms with Crippen LogP contribution in [0.1, 0.15) is 23.7 Å². The monoisotopic (exact) mass is 388 g/mol. The lowest BCUT2D eigenvalue weighted by molar-refractivity contribution is -0.121. The number of aryl methyl sites for hydroxylation is 3. The predicted molar refractivity (Wildman–Crippen MR) is 112 cm³/mol. The summed E-state index contributed by atoms with van der Waals surface area (Å²) >= 11 is 0. The summed E-state index contributed by atoms with van der Waals surface area (Å²) in [5.41, 5.74) is 5.96. The molecule has 29 heavy (non-hydrogen) atoms. The summed E-state index contributed by atoms with van der Waals surface area (Å²) in [7, 11) is 0. The molecule has 0 saturated carbocycles. The molecule has 1 aromatic carbocycles. The second-order valence-electron chi connectivity index (χ2n) is 7.15. The third-order valence-electron chi connectivity index (χ3n) is 4.96. The molecular formula is C22H24N6O. The molecule has 0 spiro atoms. The molecular weight excluding hydrogens is 364 g/mol. The SMILES string of the molecule is CCn1cc(CNC(=O)Cn2nc(C)c3c(-c4ccc(C)cc4)ccnc32)cn1. The molecule has 1 N–H and O–H groups in total. The first kappa shape index (κ1) is 18.9. The average molecular weight is 388 g/mol. The first-order valence-corrected chi connectivity index (χ1v) is 9.72. The minimum absolute atomic E-state index is 0.110. The van der Waals surface area contributed by atoms with Gasteiger partial charge < -0.3 is 5.32 Å². The number of hydrogen-bond acceptors (Lipinski definition) is 4. The molecule has 4 rings (SSSR count). The van der Waals surface area contributed by atoms with Crippen LogP contribution in [0.4, 0.5) is 0 Å². The Kier molecular flexibility index (Phi) is 5.12. The zero-order chi connectivity index (χ0) is 20.4. The van der Waals surface area contributed by atoms with Crippen LogP contribution in [0.15, 0.2) is 48.9 Å². The summed E-state index contributed by atoms with van der Waals surface area (Å²) in [5, 5.41) is 12.7. The van der Waals surface area contributed by atoms with Gasteiger partial charge in [0.2, 0.25) is 5.91 Å². The highest BCUT2D eigenvalue weighted by atomic mass is 16.2. The smallest absolute Gasteiger partial charge is 0.242 e. The van der Waals surface area contributed by atoms with E-state index < -0.39 is 0 Å². The molecule has 0 aliphatic heterocycles. The van der Waals surface area contributed by atoms with Gasteiger partial charge >= 0.3 is 0 Å². The molecule has 0 atom stereocenters. The molecule has 3 aromatic heterocycles. The second-order valence-corrected chi connectivity index (χ2v) is 7.15. The Bertz CT molecular complexity index is 1160. The zero-order valence-electron chi connectivity index (χ0n) is 16.9. The van der Waals surface area contributed by atoms with Gasteiger partial charge in [0, 0.05) is 36.4 Å². The van der Waals surface area contributed by atoms with Crippen molar-refractivity contribution in [3.05, 3.63) is 65.7 Å². The van der Waals surface area contributed by atoms with Gasteiger partial charge in [-0.05, 0) is 38.0 Å². The summed E-state index contributed by atoms with van der Waals surface area (Å²) in [6.07, 6.45) is 5.47. The third kappa shape index (κ3) is 3.89. The van der Waals surface area contributed by atoms with Gasteiger partial charge in [0.1, 0.15) is 6.54 Å². The van der Waals surface area contributed by atoms with Crippen molar-refractivity contribution in [3.63, 3.8) is 0 Å². The zero-order valence-corrected chi connectivity index (χ0v) is 16.9. The predicted octanol–water partition coefficient (Wildman–Crippen LogP) is 3.25. The van der Waals surface area contributed by atoms with Gasteiger partial charge in [0.15, 0.2) is 5.65 Å². The number of aromatic nitrogens is 5. The fraction of sp³-hybridized carbons (Fsp3) is 0.273. The number of carbonyl (C=O) groups excluding carboxylic acids is 1.